The van der Waals surface area contributed by atoms with Gasteiger partial charge in [0.2, 0.25) is 0 Å². The molecule has 1 N–H and O–H groups in total. The molecule has 0 unspecified atom stereocenters. The van der Waals surface area contributed by atoms with Gasteiger partial charge in [-0.3, -0.25) is 0 Å². The van der Waals surface area contributed by atoms with Crippen molar-refractivity contribution in [2.45, 2.75) is 5.92 Å². The summed E-state index contributed by atoms with van der Waals surface area (Å²) in [7, 11) is 0. The second kappa shape index (κ2) is 9.54. The van der Waals surface area contributed by atoms with Crippen LogP contribution in [0.3, 0.4) is 0 Å². The van der Waals surface area contributed by atoms with Crippen LogP contribution in [0.2, 0.25) is 0 Å². The normalized spacial score (nSPS) is 11.8. The minimum Gasteiger partial charge on any atom is -0.507 e. The first-order valence-corrected chi connectivity index (χ1v) is 14.7. The summed E-state index contributed by atoms with van der Waals surface area (Å²) in [6, 6.07) is 43.6. The van der Waals surface area contributed by atoms with Crippen molar-refractivity contribution in [3.8, 4) is 5.75 Å². The van der Waals surface area contributed by atoms with E-state index < -0.39 is 0 Å². The lowest BCUT2D eigenvalue weighted by molar-refractivity contribution is 0.463. The Balaban J connectivity index is 1.60. The number of rotatable bonds is 3. The van der Waals surface area contributed by atoms with E-state index in [-0.39, 0.29) is 5.92 Å². The van der Waals surface area contributed by atoms with Gasteiger partial charge in [-0.05, 0) is 136 Å². The first-order valence-electron chi connectivity index (χ1n) is 12.6. The third-order valence-electron chi connectivity index (χ3n) is 7.55. The molecule has 0 saturated heterocycles. The van der Waals surface area contributed by atoms with Gasteiger partial charge in [0.25, 0.3) is 0 Å². The zero-order valence-electron chi connectivity index (χ0n) is 20.3. The minimum absolute atomic E-state index is 0.145. The van der Waals surface area contributed by atoms with Crippen molar-refractivity contribution in [2.75, 3.05) is 0 Å². The third-order valence-corrected chi connectivity index (χ3v) is 9.00. The zero-order chi connectivity index (χ0) is 25.8. The Bertz CT molecular complexity index is 1910. The molecular weight excluding hydrogens is 690 g/mol. The molecule has 0 aliphatic rings. The van der Waals surface area contributed by atoms with Crippen LogP contribution < -0.4 is 0 Å². The summed E-state index contributed by atoms with van der Waals surface area (Å²) < 4.78 is 1.98. The Labute approximate surface area is 248 Å². The van der Waals surface area contributed by atoms with E-state index in [1.807, 2.05) is 6.07 Å². The van der Waals surface area contributed by atoms with Crippen molar-refractivity contribution in [2.24, 2.45) is 0 Å². The number of aromatic hydroxyl groups is 1. The third kappa shape index (κ3) is 4.03. The van der Waals surface area contributed by atoms with Crippen LogP contribution in [0.5, 0.6) is 5.75 Å². The van der Waals surface area contributed by atoms with Crippen LogP contribution in [-0.4, -0.2) is 5.11 Å². The number of fused-ring (bicyclic) bond motifs is 4. The summed E-state index contributed by atoms with van der Waals surface area (Å²) >= 11 is 4.61. The van der Waals surface area contributed by atoms with Crippen LogP contribution in [0.25, 0.3) is 43.1 Å². The second-order valence-corrected chi connectivity index (χ2v) is 12.2. The second-order valence-electron chi connectivity index (χ2n) is 9.79. The lowest BCUT2D eigenvalue weighted by atomic mass is 9.80. The van der Waals surface area contributed by atoms with Crippen molar-refractivity contribution >= 4 is 88.3 Å². The average Bonchev–Trinajstić information content (AvgIpc) is 2.93. The van der Waals surface area contributed by atoms with Crippen LogP contribution in [0.15, 0.2) is 121 Å². The van der Waals surface area contributed by atoms with E-state index in [1.165, 1.54) is 54.2 Å². The molecule has 0 aliphatic heterocycles. The van der Waals surface area contributed by atoms with E-state index in [2.05, 4.69) is 160 Å². The van der Waals surface area contributed by atoms with E-state index in [4.69, 9.17) is 0 Å². The summed E-state index contributed by atoms with van der Waals surface area (Å²) in [5.41, 5.74) is 3.33. The first kappa shape index (κ1) is 23.9. The zero-order valence-corrected chi connectivity index (χ0v) is 24.6. The van der Waals surface area contributed by atoms with E-state index in [1.54, 1.807) is 0 Å². The minimum atomic E-state index is -0.145. The maximum absolute atomic E-state index is 11.5. The topological polar surface area (TPSA) is 20.2 Å². The van der Waals surface area contributed by atoms with E-state index in [9.17, 15) is 5.11 Å². The molecule has 0 bridgehead atoms. The number of halogens is 2. The molecule has 0 aliphatic carbocycles. The van der Waals surface area contributed by atoms with Gasteiger partial charge < -0.3 is 5.11 Å². The SMILES string of the molecule is Oc1c(I)cc(I)cc1C(c1cccc2cc3ccccc3cc12)c1cccc2cc3ccccc3cc12. The maximum atomic E-state index is 11.5. The fourth-order valence-electron chi connectivity index (χ4n) is 5.79. The van der Waals surface area contributed by atoms with Gasteiger partial charge in [0.1, 0.15) is 5.75 Å². The molecule has 0 atom stereocenters. The highest BCUT2D eigenvalue weighted by Gasteiger charge is 2.25. The van der Waals surface area contributed by atoms with E-state index >= 15 is 0 Å². The molecule has 7 aromatic carbocycles. The van der Waals surface area contributed by atoms with Gasteiger partial charge in [-0.2, -0.15) is 0 Å². The van der Waals surface area contributed by atoms with Gasteiger partial charge in [0.05, 0.1) is 3.57 Å². The number of hydrogen-bond acceptors (Lipinski definition) is 1. The van der Waals surface area contributed by atoms with Gasteiger partial charge in [-0.15, -0.1) is 0 Å². The molecule has 7 rings (SSSR count). The Hall–Kier alpha value is -3.16. The molecule has 182 valence electrons. The van der Waals surface area contributed by atoms with Crippen LogP contribution in [0.4, 0.5) is 0 Å². The molecule has 3 heteroatoms. The Kier molecular flexibility index (Phi) is 6.01. The van der Waals surface area contributed by atoms with Crippen molar-refractivity contribution < 1.29 is 5.11 Å². The quantitative estimate of drug-likeness (QED) is 0.110. The molecule has 0 spiro atoms. The number of hydrogen-bond donors (Lipinski definition) is 1. The van der Waals surface area contributed by atoms with Gasteiger partial charge >= 0.3 is 0 Å². The van der Waals surface area contributed by atoms with Crippen molar-refractivity contribution in [3.63, 3.8) is 0 Å². The Morgan fingerprint density at radius 2 is 0.895 bits per heavy atom. The summed E-state index contributed by atoms with van der Waals surface area (Å²) in [5.74, 6) is 0.208. The predicted octanol–water partition coefficient (Wildman–Crippen LogP) is 10.4. The first-order chi connectivity index (χ1) is 18.6. The van der Waals surface area contributed by atoms with Crippen molar-refractivity contribution in [1.29, 1.82) is 0 Å². The van der Waals surface area contributed by atoms with E-state index in [0.717, 1.165) is 12.7 Å². The fourth-order valence-corrected chi connectivity index (χ4v) is 7.68. The van der Waals surface area contributed by atoms with Gasteiger partial charge in [-0.1, -0.05) is 84.9 Å². The van der Waals surface area contributed by atoms with Gasteiger partial charge in [0, 0.05) is 15.1 Å². The molecule has 0 amide bonds. The van der Waals surface area contributed by atoms with Gasteiger partial charge in [0.15, 0.2) is 0 Å². The monoisotopic (exact) mass is 712 g/mol. The molecular formula is C35H22I2O. The molecule has 0 fully saturated rings. The molecule has 0 aromatic heterocycles. The van der Waals surface area contributed by atoms with E-state index in [0.29, 0.717) is 5.75 Å². The van der Waals surface area contributed by atoms with Gasteiger partial charge in [-0.25, -0.2) is 0 Å². The Morgan fingerprint density at radius 1 is 0.447 bits per heavy atom. The highest BCUT2D eigenvalue weighted by Crippen LogP contribution is 2.45. The smallest absolute Gasteiger partial charge is 0.133 e. The molecule has 0 saturated carbocycles. The highest BCUT2D eigenvalue weighted by atomic mass is 127. The number of phenolic OH excluding ortho intramolecular Hbond substituents is 1. The summed E-state index contributed by atoms with van der Waals surface area (Å²) in [6.45, 7) is 0. The molecule has 0 radical (unpaired) electrons. The molecule has 0 heterocycles. The molecule has 1 nitrogen and oxygen atoms in total. The Morgan fingerprint density at radius 3 is 1.39 bits per heavy atom. The molecule has 7 aromatic rings. The van der Waals surface area contributed by atoms with Crippen molar-refractivity contribution in [3.05, 3.63) is 145 Å². The largest absolute Gasteiger partial charge is 0.507 e. The number of phenols is 1. The lowest BCUT2D eigenvalue weighted by Crippen LogP contribution is -2.07. The van der Waals surface area contributed by atoms with Crippen LogP contribution in [-0.2, 0) is 0 Å². The number of benzene rings is 7. The van der Waals surface area contributed by atoms with Crippen LogP contribution in [0, 0.1) is 7.14 Å². The molecule has 38 heavy (non-hydrogen) atoms. The summed E-state index contributed by atoms with van der Waals surface area (Å²) in [5, 5.41) is 21.2. The lowest BCUT2D eigenvalue weighted by Gasteiger charge is -2.24. The standard InChI is InChI=1S/C35H22I2O/c36-27-19-32(35(38)33(37)20-27)34(28-13-5-11-25-15-21-7-1-3-9-23(21)17-30(25)28)29-14-6-12-26-16-22-8-2-4-10-24(22)18-31(26)29/h1-20,34,38H. The summed E-state index contributed by atoms with van der Waals surface area (Å²) in [6.07, 6.45) is 0. The van der Waals surface area contributed by atoms with Crippen molar-refractivity contribution in [1.82, 2.24) is 0 Å². The average molecular weight is 712 g/mol. The van der Waals surface area contributed by atoms with Crippen LogP contribution >= 0.6 is 45.2 Å². The maximum Gasteiger partial charge on any atom is 0.133 e. The van der Waals surface area contributed by atoms with Crippen LogP contribution in [0.1, 0.15) is 22.6 Å². The predicted molar refractivity (Wildman–Crippen MR) is 177 cm³/mol. The fraction of sp³-hybridized carbons (Fsp3) is 0.0286. The summed E-state index contributed by atoms with van der Waals surface area (Å²) in [4.78, 5) is 0. The highest BCUT2D eigenvalue weighted by molar-refractivity contribution is 14.1.